The van der Waals surface area contributed by atoms with Gasteiger partial charge in [-0.1, -0.05) is 30.3 Å². The van der Waals surface area contributed by atoms with Gasteiger partial charge in [0.05, 0.1) is 12.2 Å². The van der Waals surface area contributed by atoms with Crippen molar-refractivity contribution in [1.82, 2.24) is 0 Å². The molecule has 2 aromatic rings. The van der Waals surface area contributed by atoms with Gasteiger partial charge in [-0.15, -0.1) is 11.3 Å². The summed E-state index contributed by atoms with van der Waals surface area (Å²) < 4.78 is 5.07. The highest BCUT2D eigenvalue weighted by Crippen LogP contribution is 2.32. The van der Waals surface area contributed by atoms with Gasteiger partial charge in [-0.2, -0.15) is 0 Å². The van der Waals surface area contributed by atoms with Crippen LogP contribution < -0.4 is 0 Å². The van der Waals surface area contributed by atoms with Crippen LogP contribution in [0.5, 0.6) is 0 Å². The van der Waals surface area contributed by atoms with Crippen molar-refractivity contribution in [2.75, 3.05) is 6.61 Å². The third-order valence-corrected chi connectivity index (χ3v) is 3.49. The molecule has 0 bridgehead atoms. The van der Waals surface area contributed by atoms with Crippen molar-refractivity contribution < 1.29 is 9.53 Å². The van der Waals surface area contributed by atoms with Crippen LogP contribution in [0.4, 0.5) is 0 Å². The number of carbonyl (C=O) groups is 1. The van der Waals surface area contributed by atoms with E-state index in [-0.39, 0.29) is 5.97 Å². The number of carbonyl (C=O) groups excluding carboxylic acids is 1. The molecule has 0 saturated heterocycles. The monoisotopic (exact) mass is 246 g/mol. The third kappa shape index (κ3) is 2.56. The molecule has 0 spiro atoms. The summed E-state index contributed by atoms with van der Waals surface area (Å²) in [5.74, 6) is -0.240. The number of hydrogen-bond donors (Lipinski definition) is 0. The highest BCUT2D eigenvalue weighted by Gasteiger charge is 2.16. The number of esters is 1. The van der Waals surface area contributed by atoms with E-state index in [1.807, 2.05) is 50.2 Å². The number of ether oxygens (including phenoxy) is 1. The molecule has 0 aliphatic carbocycles. The first-order valence-electron chi connectivity index (χ1n) is 5.55. The second-order valence-corrected chi connectivity index (χ2v) is 4.94. The summed E-state index contributed by atoms with van der Waals surface area (Å²) in [6.07, 6.45) is 0. The Kier molecular flexibility index (Phi) is 3.59. The fraction of sp³-hybridized carbons (Fsp3) is 0.214. The van der Waals surface area contributed by atoms with Gasteiger partial charge in [-0.05, 0) is 25.5 Å². The number of aryl methyl sites for hydroxylation is 1. The topological polar surface area (TPSA) is 26.3 Å². The molecular weight excluding hydrogens is 232 g/mol. The Hall–Kier alpha value is -1.61. The summed E-state index contributed by atoms with van der Waals surface area (Å²) >= 11 is 1.62. The standard InChI is InChI=1S/C14H14O2S/c1-3-16-14(15)12-9-10(2)17-13(12)11-7-5-4-6-8-11/h4-9H,3H2,1-2H3. The Morgan fingerprint density at radius 3 is 2.65 bits per heavy atom. The molecular formula is C14H14O2S. The molecule has 17 heavy (non-hydrogen) atoms. The summed E-state index contributed by atoms with van der Waals surface area (Å²) in [4.78, 5) is 13.9. The van der Waals surface area contributed by atoms with Crippen LogP contribution in [0.2, 0.25) is 0 Å². The molecule has 1 aromatic carbocycles. The van der Waals surface area contributed by atoms with Crippen molar-refractivity contribution in [2.24, 2.45) is 0 Å². The molecule has 0 radical (unpaired) electrons. The number of benzene rings is 1. The largest absolute Gasteiger partial charge is 0.462 e. The van der Waals surface area contributed by atoms with E-state index in [4.69, 9.17) is 4.74 Å². The van der Waals surface area contributed by atoms with E-state index in [9.17, 15) is 4.79 Å². The minimum absolute atomic E-state index is 0.240. The van der Waals surface area contributed by atoms with E-state index >= 15 is 0 Å². The molecule has 0 N–H and O–H groups in total. The van der Waals surface area contributed by atoms with Crippen LogP contribution in [0.25, 0.3) is 10.4 Å². The molecule has 88 valence electrons. The van der Waals surface area contributed by atoms with E-state index in [1.165, 1.54) is 0 Å². The molecule has 1 aromatic heterocycles. The zero-order valence-electron chi connectivity index (χ0n) is 9.90. The molecule has 2 nitrogen and oxygen atoms in total. The number of thiophene rings is 1. The van der Waals surface area contributed by atoms with Crippen molar-refractivity contribution in [3.05, 3.63) is 46.8 Å². The first-order chi connectivity index (χ1) is 8.22. The molecule has 0 atom stereocenters. The SMILES string of the molecule is CCOC(=O)c1cc(C)sc1-c1ccccc1. The predicted octanol–water partition coefficient (Wildman–Crippen LogP) is 3.90. The van der Waals surface area contributed by atoms with Crippen LogP contribution in [0.1, 0.15) is 22.2 Å². The molecule has 0 saturated carbocycles. The van der Waals surface area contributed by atoms with Gasteiger partial charge in [0.15, 0.2) is 0 Å². The van der Waals surface area contributed by atoms with Crippen molar-refractivity contribution >= 4 is 17.3 Å². The molecule has 1 heterocycles. The lowest BCUT2D eigenvalue weighted by molar-refractivity contribution is 0.0528. The van der Waals surface area contributed by atoms with Crippen molar-refractivity contribution in [2.45, 2.75) is 13.8 Å². The Labute approximate surface area is 105 Å². The molecule has 0 aliphatic heterocycles. The second kappa shape index (κ2) is 5.15. The maximum atomic E-state index is 11.8. The van der Waals surface area contributed by atoms with Gasteiger partial charge in [0.2, 0.25) is 0 Å². The van der Waals surface area contributed by atoms with E-state index in [0.29, 0.717) is 12.2 Å². The van der Waals surface area contributed by atoms with Gasteiger partial charge in [0, 0.05) is 9.75 Å². The summed E-state index contributed by atoms with van der Waals surface area (Å²) in [6.45, 7) is 4.22. The van der Waals surface area contributed by atoms with Crippen LogP contribution >= 0.6 is 11.3 Å². The van der Waals surface area contributed by atoms with Crippen molar-refractivity contribution in [3.8, 4) is 10.4 Å². The fourth-order valence-corrected chi connectivity index (χ4v) is 2.68. The van der Waals surface area contributed by atoms with E-state index in [2.05, 4.69) is 0 Å². The highest BCUT2D eigenvalue weighted by molar-refractivity contribution is 7.15. The summed E-state index contributed by atoms with van der Waals surface area (Å²) in [5.41, 5.74) is 1.73. The summed E-state index contributed by atoms with van der Waals surface area (Å²) in [7, 11) is 0. The minimum Gasteiger partial charge on any atom is -0.462 e. The smallest absolute Gasteiger partial charge is 0.339 e. The number of hydrogen-bond acceptors (Lipinski definition) is 3. The maximum absolute atomic E-state index is 11.8. The molecule has 0 amide bonds. The van der Waals surface area contributed by atoms with Gasteiger partial charge in [-0.3, -0.25) is 0 Å². The molecule has 3 heteroatoms. The minimum atomic E-state index is -0.240. The van der Waals surface area contributed by atoms with Crippen LogP contribution in [0.15, 0.2) is 36.4 Å². The summed E-state index contributed by atoms with van der Waals surface area (Å²) in [6, 6.07) is 11.8. The van der Waals surface area contributed by atoms with E-state index < -0.39 is 0 Å². The van der Waals surface area contributed by atoms with E-state index in [0.717, 1.165) is 15.3 Å². The van der Waals surface area contributed by atoms with Crippen LogP contribution in [0.3, 0.4) is 0 Å². The second-order valence-electron chi connectivity index (χ2n) is 3.69. The first kappa shape index (κ1) is 11.9. The van der Waals surface area contributed by atoms with Gasteiger partial charge in [0.25, 0.3) is 0 Å². The highest BCUT2D eigenvalue weighted by atomic mass is 32.1. The predicted molar refractivity (Wildman–Crippen MR) is 70.4 cm³/mol. The van der Waals surface area contributed by atoms with Gasteiger partial charge in [0.1, 0.15) is 0 Å². The average Bonchev–Trinajstić information content (AvgIpc) is 2.73. The van der Waals surface area contributed by atoms with E-state index in [1.54, 1.807) is 11.3 Å². The van der Waals surface area contributed by atoms with Crippen molar-refractivity contribution in [1.29, 1.82) is 0 Å². The average molecular weight is 246 g/mol. The van der Waals surface area contributed by atoms with Crippen LogP contribution in [-0.4, -0.2) is 12.6 Å². The number of rotatable bonds is 3. The molecule has 0 fully saturated rings. The van der Waals surface area contributed by atoms with Crippen LogP contribution in [-0.2, 0) is 4.74 Å². The van der Waals surface area contributed by atoms with Gasteiger partial charge >= 0.3 is 5.97 Å². The lowest BCUT2D eigenvalue weighted by atomic mass is 10.1. The van der Waals surface area contributed by atoms with Gasteiger partial charge < -0.3 is 4.74 Å². The summed E-state index contributed by atoms with van der Waals surface area (Å²) in [5, 5.41) is 0. The molecule has 0 aliphatic rings. The zero-order valence-corrected chi connectivity index (χ0v) is 10.7. The molecule has 0 unspecified atom stereocenters. The van der Waals surface area contributed by atoms with Crippen LogP contribution in [0, 0.1) is 6.92 Å². The lowest BCUT2D eigenvalue weighted by Gasteiger charge is -2.03. The lowest BCUT2D eigenvalue weighted by Crippen LogP contribution is -2.04. The Morgan fingerprint density at radius 2 is 2.00 bits per heavy atom. The Bertz CT molecular complexity index is 514. The quantitative estimate of drug-likeness (QED) is 0.768. The normalized spacial score (nSPS) is 10.2. The maximum Gasteiger partial charge on any atom is 0.339 e. The molecule has 2 rings (SSSR count). The van der Waals surface area contributed by atoms with Crippen molar-refractivity contribution in [3.63, 3.8) is 0 Å². The Morgan fingerprint density at radius 1 is 1.29 bits per heavy atom. The zero-order chi connectivity index (χ0) is 12.3. The third-order valence-electron chi connectivity index (χ3n) is 2.39. The first-order valence-corrected chi connectivity index (χ1v) is 6.37. The Balaban J connectivity index is 2.44. The fourth-order valence-electron chi connectivity index (χ4n) is 1.68. The van der Waals surface area contributed by atoms with Gasteiger partial charge in [-0.25, -0.2) is 4.79 Å².